The second-order valence-electron chi connectivity index (χ2n) is 4.54. The first-order valence-electron chi connectivity index (χ1n) is 6.09. The third-order valence-electron chi connectivity index (χ3n) is 2.99. The number of hydrogen-bond donors (Lipinski definition) is 1. The Hall–Kier alpha value is -1.42. The fourth-order valence-corrected chi connectivity index (χ4v) is 1.76. The standard InChI is InChI=1S/C14H20N2OS/c1-4-11-5-7-12(8-6-11)14(17)16(3)9-10(2)13(15)18/h5-8,10H,4,9H2,1-3H3,(H2,15,18). The summed E-state index contributed by atoms with van der Waals surface area (Å²) in [5.41, 5.74) is 7.48. The van der Waals surface area contributed by atoms with Crippen LogP contribution in [0.4, 0.5) is 0 Å². The van der Waals surface area contributed by atoms with Gasteiger partial charge in [-0.15, -0.1) is 0 Å². The highest BCUT2D eigenvalue weighted by atomic mass is 32.1. The minimum absolute atomic E-state index is 0.000697. The Morgan fingerprint density at radius 2 is 1.94 bits per heavy atom. The Balaban J connectivity index is 2.70. The van der Waals surface area contributed by atoms with E-state index in [1.807, 2.05) is 31.2 Å². The number of hydrogen-bond acceptors (Lipinski definition) is 2. The Kier molecular flexibility index (Phi) is 5.28. The minimum atomic E-state index is 0.000697. The van der Waals surface area contributed by atoms with Gasteiger partial charge in [-0.3, -0.25) is 4.79 Å². The molecule has 0 aromatic heterocycles. The molecule has 0 bridgehead atoms. The second-order valence-corrected chi connectivity index (χ2v) is 5.01. The maximum absolute atomic E-state index is 12.1. The van der Waals surface area contributed by atoms with Gasteiger partial charge in [0.1, 0.15) is 0 Å². The first-order valence-corrected chi connectivity index (χ1v) is 6.50. The van der Waals surface area contributed by atoms with Gasteiger partial charge in [-0.2, -0.15) is 0 Å². The number of carbonyl (C=O) groups excluding carboxylic acids is 1. The smallest absolute Gasteiger partial charge is 0.253 e. The molecule has 1 unspecified atom stereocenters. The lowest BCUT2D eigenvalue weighted by molar-refractivity contribution is 0.0787. The van der Waals surface area contributed by atoms with Gasteiger partial charge >= 0.3 is 0 Å². The molecule has 98 valence electrons. The highest BCUT2D eigenvalue weighted by Gasteiger charge is 2.15. The normalized spacial score (nSPS) is 11.9. The van der Waals surface area contributed by atoms with Gasteiger partial charge in [0.05, 0.1) is 4.99 Å². The van der Waals surface area contributed by atoms with Crippen LogP contribution in [0, 0.1) is 5.92 Å². The monoisotopic (exact) mass is 264 g/mol. The van der Waals surface area contributed by atoms with Crippen molar-refractivity contribution in [3.8, 4) is 0 Å². The number of benzene rings is 1. The first kappa shape index (κ1) is 14.6. The molecule has 0 spiro atoms. The zero-order valence-electron chi connectivity index (χ0n) is 11.1. The number of carbonyl (C=O) groups is 1. The summed E-state index contributed by atoms with van der Waals surface area (Å²) in [7, 11) is 1.77. The summed E-state index contributed by atoms with van der Waals surface area (Å²) in [4.78, 5) is 14.2. The van der Waals surface area contributed by atoms with Crippen molar-refractivity contribution >= 4 is 23.1 Å². The second kappa shape index (κ2) is 6.50. The van der Waals surface area contributed by atoms with Crippen molar-refractivity contribution in [2.24, 2.45) is 11.7 Å². The maximum atomic E-state index is 12.1. The molecule has 4 heteroatoms. The van der Waals surface area contributed by atoms with Crippen molar-refractivity contribution in [1.29, 1.82) is 0 Å². The predicted molar refractivity (Wildman–Crippen MR) is 78.7 cm³/mol. The lowest BCUT2D eigenvalue weighted by atomic mass is 10.1. The molecule has 1 atom stereocenters. The number of aryl methyl sites for hydroxylation is 1. The Labute approximate surface area is 114 Å². The van der Waals surface area contributed by atoms with Crippen LogP contribution in [0.25, 0.3) is 0 Å². The van der Waals surface area contributed by atoms with Gasteiger partial charge in [0.2, 0.25) is 0 Å². The number of thiocarbonyl (C=S) groups is 1. The number of amides is 1. The van der Waals surface area contributed by atoms with Crippen LogP contribution in [0.2, 0.25) is 0 Å². The van der Waals surface area contributed by atoms with Crippen molar-refractivity contribution in [3.05, 3.63) is 35.4 Å². The summed E-state index contributed by atoms with van der Waals surface area (Å²) < 4.78 is 0. The van der Waals surface area contributed by atoms with Gasteiger partial charge in [0.25, 0.3) is 5.91 Å². The number of rotatable bonds is 5. The van der Waals surface area contributed by atoms with Gasteiger partial charge in [0.15, 0.2) is 0 Å². The molecule has 18 heavy (non-hydrogen) atoms. The van der Waals surface area contributed by atoms with E-state index < -0.39 is 0 Å². The average molecular weight is 264 g/mol. The van der Waals surface area contributed by atoms with E-state index in [-0.39, 0.29) is 11.8 Å². The van der Waals surface area contributed by atoms with E-state index in [4.69, 9.17) is 18.0 Å². The topological polar surface area (TPSA) is 46.3 Å². The molecule has 0 aliphatic carbocycles. The zero-order valence-corrected chi connectivity index (χ0v) is 12.0. The SMILES string of the molecule is CCc1ccc(C(=O)N(C)CC(C)C(N)=S)cc1. The lowest BCUT2D eigenvalue weighted by Crippen LogP contribution is -2.35. The molecule has 1 amide bonds. The molecule has 0 saturated carbocycles. The molecule has 2 N–H and O–H groups in total. The molecule has 3 nitrogen and oxygen atoms in total. The molecule has 0 radical (unpaired) electrons. The van der Waals surface area contributed by atoms with E-state index in [2.05, 4.69) is 6.92 Å². The van der Waals surface area contributed by atoms with E-state index in [9.17, 15) is 4.79 Å². The van der Waals surface area contributed by atoms with Gasteiger partial charge < -0.3 is 10.6 Å². The van der Waals surface area contributed by atoms with Gasteiger partial charge in [-0.1, -0.05) is 38.2 Å². The van der Waals surface area contributed by atoms with Gasteiger partial charge in [0, 0.05) is 25.1 Å². The molecular weight excluding hydrogens is 244 g/mol. The quantitative estimate of drug-likeness (QED) is 0.830. The van der Waals surface area contributed by atoms with Crippen molar-refractivity contribution in [2.45, 2.75) is 20.3 Å². The van der Waals surface area contributed by atoms with Crippen LogP contribution in [0.5, 0.6) is 0 Å². The van der Waals surface area contributed by atoms with Crippen LogP contribution in [-0.2, 0) is 6.42 Å². The summed E-state index contributed by atoms with van der Waals surface area (Å²) >= 11 is 4.91. The van der Waals surface area contributed by atoms with Gasteiger partial charge in [-0.25, -0.2) is 0 Å². The highest BCUT2D eigenvalue weighted by molar-refractivity contribution is 7.80. The van der Waals surface area contributed by atoms with Crippen LogP contribution in [0.15, 0.2) is 24.3 Å². The molecule has 0 aliphatic heterocycles. The van der Waals surface area contributed by atoms with Crippen LogP contribution < -0.4 is 5.73 Å². The van der Waals surface area contributed by atoms with Gasteiger partial charge in [-0.05, 0) is 24.1 Å². The summed E-state index contributed by atoms with van der Waals surface area (Å²) in [6.07, 6.45) is 0.975. The summed E-state index contributed by atoms with van der Waals surface area (Å²) in [5, 5.41) is 0. The van der Waals surface area contributed by atoms with Crippen molar-refractivity contribution in [3.63, 3.8) is 0 Å². The average Bonchev–Trinajstić information content (AvgIpc) is 2.37. The number of nitrogens with zero attached hydrogens (tertiary/aromatic N) is 1. The van der Waals surface area contributed by atoms with E-state index in [0.717, 1.165) is 6.42 Å². The van der Waals surface area contributed by atoms with Crippen LogP contribution >= 0.6 is 12.2 Å². The zero-order chi connectivity index (χ0) is 13.7. The fourth-order valence-electron chi connectivity index (χ4n) is 1.69. The lowest BCUT2D eigenvalue weighted by Gasteiger charge is -2.21. The molecule has 0 heterocycles. The van der Waals surface area contributed by atoms with Crippen LogP contribution in [0.3, 0.4) is 0 Å². The fraction of sp³-hybridized carbons (Fsp3) is 0.429. The largest absolute Gasteiger partial charge is 0.393 e. The van der Waals surface area contributed by atoms with E-state index in [1.165, 1.54) is 5.56 Å². The first-order chi connectivity index (χ1) is 8.45. The molecule has 1 rings (SSSR count). The predicted octanol–water partition coefficient (Wildman–Crippen LogP) is 2.24. The van der Waals surface area contributed by atoms with E-state index in [1.54, 1.807) is 11.9 Å². The van der Waals surface area contributed by atoms with Crippen LogP contribution in [-0.4, -0.2) is 29.4 Å². The van der Waals surface area contributed by atoms with Crippen molar-refractivity contribution in [1.82, 2.24) is 4.90 Å². The molecule has 1 aromatic rings. The summed E-state index contributed by atoms with van der Waals surface area (Å²) in [5.74, 6) is 0.0321. The molecular formula is C14H20N2OS. The highest BCUT2D eigenvalue weighted by Crippen LogP contribution is 2.09. The van der Waals surface area contributed by atoms with E-state index in [0.29, 0.717) is 17.1 Å². The molecule has 1 aromatic carbocycles. The van der Waals surface area contributed by atoms with Crippen LogP contribution in [0.1, 0.15) is 29.8 Å². The number of nitrogens with two attached hydrogens (primary N) is 1. The third-order valence-corrected chi connectivity index (χ3v) is 3.39. The Bertz CT molecular complexity index is 428. The van der Waals surface area contributed by atoms with E-state index >= 15 is 0 Å². The van der Waals surface area contributed by atoms with Crippen molar-refractivity contribution < 1.29 is 4.79 Å². The Morgan fingerprint density at radius 1 is 1.39 bits per heavy atom. The summed E-state index contributed by atoms with van der Waals surface area (Å²) in [6.45, 7) is 4.56. The van der Waals surface area contributed by atoms with Crippen molar-refractivity contribution in [2.75, 3.05) is 13.6 Å². The minimum Gasteiger partial charge on any atom is -0.393 e. The summed E-state index contributed by atoms with van der Waals surface area (Å²) in [6, 6.07) is 7.70. The Morgan fingerprint density at radius 3 is 2.39 bits per heavy atom. The maximum Gasteiger partial charge on any atom is 0.253 e. The molecule has 0 fully saturated rings. The molecule has 0 aliphatic rings. The molecule has 0 saturated heterocycles. The third kappa shape index (κ3) is 3.81.